The highest BCUT2D eigenvalue weighted by atomic mass is 19.3. The average Bonchev–Trinajstić information content (AvgIpc) is 3.01. The Morgan fingerprint density at radius 3 is 1.77 bits per heavy atom. The normalized spacial score (nSPS) is 22.3. The number of rotatable bonds is 15. The van der Waals surface area contributed by atoms with Gasteiger partial charge in [-0.15, -0.1) is 0 Å². The Kier molecular flexibility index (Phi) is 12.7. The van der Waals surface area contributed by atoms with Crippen LogP contribution >= 0.6 is 0 Å². The van der Waals surface area contributed by atoms with Crippen LogP contribution in [0.1, 0.15) is 88.7 Å². The van der Waals surface area contributed by atoms with Crippen LogP contribution in [0.25, 0.3) is 0 Å². The summed E-state index contributed by atoms with van der Waals surface area (Å²) in [4.78, 5) is 0. The number of unbranched alkanes of at least 4 members (excludes halogenated alkanes) is 2. The molecule has 0 bridgehead atoms. The van der Waals surface area contributed by atoms with E-state index >= 15 is 8.78 Å². The van der Waals surface area contributed by atoms with Crippen LogP contribution < -0.4 is 9.47 Å². The lowest BCUT2D eigenvalue weighted by Gasteiger charge is -2.38. The largest absolute Gasteiger partial charge is 0.453 e. The number of hydrogen-bond acceptors (Lipinski definition) is 4. The summed E-state index contributed by atoms with van der Waals surface area (Å²) in [6, 6.07) is 6.60. The summed E-state index contributed by atoms with van der Waals surface area (Å²) in [6.07, 6.45) is -13.3. The van der Waals surface area contributed by atoms with Crippen LogP contribution in [0, 0.1) is 23.5 Å². The first-order valence-corrected chi connectivity index (χ1v) is 16.0. The highest BCUT2D eigenvalue weighted by molar-refractivity contribution is 5.35. The summed E-state index contributed by atoms with van der Waals surface area (Å²) in [6.45, 7) is 2.07. The van der Waals surface area contributed by atoms with Crippen molar-refractivity contribution in [1.82, 2.24) is 0 Å². The van der Waals surface area contributed by atoms with E-state index in [0.717, 1.165) is 31.2 Å². The van der Waals surface area contributed by atoms with Crippen LogP contribution in [0.5, 0.6) is 11.5 Å². The fraction of sp³-hybridized carbons (Fsp3) is 0.588. The summed E-state index contributed by atoms with van der Waals surface area (Å²) >= 11 is 0. The molecule has 0 N–H and O–H groups in total. The van der Waals surface area contributed by atoms with E-state index in [0.29, 0.717) is 12.1 Å². The zero-order valence-electron chi connectivity index (χ0n) is 26.2. The Labute approximate surface area is 272 Å². The first-order valence-electron chi connectivity index (χ1n) is 16.0. The third-order valence-electron chi connectivity index (χ3n) is 8.79. The van der Waals surface area contributed by atoms with Gasteiger partial charge >= 0.3 is 24.4 Å². The van der Waals surface area contributed by atoms with Crippen molar-refractivity contribution in [1.29, 1.82) is 0 Å². The van der Waals surface area contributed by atoms with Gasteiger partial charge in [0.15, 0.2) is 23.6 Å². The molecule has 0 heterocycles. The van der Waals surface area contributed by atoms with Crippen molar-refractivity contribution >= 4 is 0 Å². The highest BCUT2D eigenvalue weighted by Crippen LogP contribution is 2.45. The molecule has 14 heteroatoms. The van der Waals surface area contributed by atoms with Gasteiger partial charge in [0.05, 0.1) is 29.6 Å². The summed E-state index contributed by atoms with van der Waals surface area (Å²) in [7, 11) is 0. The third-order valence-corrected chi connectivity index (χ3v) is 8.79. The molecule has 48 heavy (non-hydrogen) atoms. The lowest BCUT2D eigenvalue weighted by atomic mass is 9.85. The smallest absolute Gasteiger partial charge is 0.400 e. The van der Waals surface area contributed by atoms with Crippen molar-refractivity contribution < 1.29 is 62.9 Å². The predicted octanol–water partition coefficient (Wildman–Crippen LogP) is 11.3. The van der Waals surface area contributed by atoms with Crippen molar-refractivity contribution in [3.63, 3.8) is 0 Å². The molecule has 268 valence electrons. The van der Waals surface area contributed by atoms with Gasteiger partial charge in [0, 0.05) is 12.1 Å². The van der Waals surface area contributed by atoms with E-state index in [2.05, 4.69) is 16.4 Å². The number of hydrogen-bond donors (Lipinski definition) is 0. The van der Waals surface area contributed by atoms with E-state index in [4.69, 9.17) is 9.47 Å². The van der Waals surface area contributed by atoms with E-state index < -0.39 is 71.6 Å². The van der Waals surface area contributed by atoms with E-state index in [9.17, 15) is 35.1 Å². The molecule has 4 rings (SSSR count). The van der Waals surface area contributed by atoms with Gasteiger partial charge in [0.25, 0.3) is 0 Å². The Hall–Kier alpha value is -3.00. The highest BCUT2D eigenvalue weighted by Gasteiger charge is 2.49. The molecular weight excluding hydrogens is 662 g/mol. The number of benzene rings is 2. The minimum Gasteiger partial charge on any atom is -0.453 e. The second kappa shape index (κ2) is 16.1. The maximum atomic E-state index is 15.1. The Morgan fingerprint density at radius 2 is 1.25 bits per heavy atom. The Bertz CT molecular complexity index is 1330. The predicted molar refractivity (Wildman–Crippen MR) is 155 cm³/mol. The van der Waals surface area contributed by atoms with Gasteiger partial charge in [-0.25, -0.2) is 8.78 Å². The van der Waals surface area contributed by atoms with Gasteiger partial charge in [-0.1, -0.05) is 44.0 Å². The molecule has 0 saturated heterocycles. The molecule has 2 aliphatic carbocycles. The number of halogens is 10. The van der Waals surface area contributed by atoms with E-state index in [1.807, 2.05) is 0 Å². The van der Waals surface area contributed by atoms with Crippen molar-refractivity contribution in [2.45, 2.75) is 115 Å². The van der Waals surface area contributed by atoms with Gasteiger partial charge in [-0.2, -0.15) is 35.1 Å². The molecule has 2 aliphatic rings. The number of alkyl halides is 6. The lowest BCUT2D eigenvalue weighted by Crippen LogP contribution is -2.42. The van der Waals surface area contributed by atoms with Crippen LogP contribution in [0.2, 0.25) is 0 Å². The molecule has 4 nitrogen and oxygen atoms in total. The summed E-state index contributed by atoms with van der Waals surface area (Å²) in [5.74, 6) is -8.06. The SMILES string of the molecule is CCCCCc1ccc(C(F)(F)OC2CCC(C(F)(F)OC3CCC(C(F)(F)Oc4cc(F)c(OC=C(F)F)c(F)c4)CC3)CC2)cc1. The molecule has 0 radical (unpaired) electrons. The second-order valence-electron chi connectivity index (χ2n) is 12.3. The topological polar surface area (TPSA) is 36.9 Å². The van der Waals surface area contributed by atoms with Crippen molar-refractivity contribution in [2.24, 2.45) is 11.8 Å². The van der Waals surface area contributed by atoms with Crippen LogP contribution in [-0.2, 0) is 22.0 Å². The molecular formula is C34H38F10O4. The van der Waals surface area contributed by atoms with Crippen molar-refractivity contribution in [3.8, 4) is 11.5 Å². The van der Waals surface area contributed by atoms with Gasteiger partial charge in [-0.3, -0.25) is 0 Å². The van der Waals surface area contributed by atoms with Gasteiger partial charge in [0.2, 0.25) is 0 Å². The maximum absolute atomic E-state index is 15.1. The first-order chi connectivity index (χ1) is 22.6. The first kappa shape index (κ1) is 37.8. The molecule has 0 unspecified atom stereocenters. The summed E-state index contributed by atoms with van der Waals surface area (Å²) in [5.41, 5.74) is 0.634. The van der Waals surface area contributed by atoms with E-state index in [-0.39, 0.29) is 63.2 Å². The fourth-order valence-electron chi connectivity index (χ4n) is 6.13. The van der Waals surface area contributed by atoms with Gasteiger partial charge in [0.1, 0.15) is 5.75 Å². The maximum Gasteiger partial charge on any atom is 0.400 e. The molecule has 0 spiro atoms. The molecule has 2 fully saturated rings. The average molecular weight is 701 g/mol. The monoisotopic (exact) mass is 700 g/mol. The molecule has 2 aromatic carbocycles. The number of aryl methyl sites for hydroxylation is 1. The standard InChI is InChI=1S/C34H38F10O4/c1-2-3-4-5-21-6-8-22(9-7-21)32(39,40)46-25-14-10-23(11-15-25)33(41,42)47-26-16-12-24(13-17-26)34(43,44)48-27-18-28(35)31(29(36)19-27)45-20-30(37)38/h6-9,18-20,23-26H,2-5,10-17H2,1H3. The minimum atomic E-state index is -3.95. The molecule has 2 aromatic rings. The zero-order chi connectivity index (χ0) is 35.1. The minimum absolute atomic E-state index is 0.0393. The van der Waals surface area contributed by atoms with Gasteiger partial charge < -0.3 is 18.9 Å². The van der Waals surface area contributed by atoms with Crippen LogP contribution in [0.15, 0.2) is 48.7 Å². The van der Waals surface area contributed by atoms with Crippen molar-refractivity contribution in [3.05, 3.63) is 71.5 Å². The summed E-state index contributed by atoms with van der Waals surface area (Å²) < 4.78 is 161. The molecule has 0 amide bonds. The molecule has 0 aliphatic heterocycles. The Balaban J connectivity index is 1.23. The van der Waals surface area contributed by atoms with E-state index in [1.54, 1.807) is 12.1 Å². The number of ether oxygens (including phenoxy) is 4. The third kappa shape index (κ3) is 10.3. The van der Waals surface area contributed by atoms with Gasteiger partial charge in [-0.05, 0) is 69.8 Å². The lowest BCUT2D eigenvalue weighted by molar-refractivity contribution is -0.314. The zero-order valence-corrected chi connectivity index (χ0v) is 26.2. The Morgan fingerprint density at radius 1 is 0.729 bits per heavy atom. The fourth-order valence-corrected chi connectivity index (χ4v) is 6.13. The summed E-state index contributed by atoms with van der Waals surface area (Å²) in [5, 5.41) is 0. The molecule has 2 saturated carbocycles. The van der Waals surface area contributed by atoms with Crippen LogP contribution in [0.4, 0.5) is 43.9 Å². The quantitative estimate of drug-likeness (QED) is 0.105. The second-order valence-corrected chi connectivity index (χ2v) is 12.3. The molecule has 0 atom stereocenters. The van der Waals surface area contributed by atoms with Crippen molar-refractivity contribution in [2.75, 3.05) is 0 Å². The van der Waals surface area contributed by atoms with E-state index in [1.165, 1.54) is 12.1 Å². The molecule has 0 aromatic heterocycles. The van der Waals surface area contributed by atoms with Crippen LogP contribution in [0.3, 0.4) is 0 Å². The van der Waals surface area contributed by atoms with Crippen LogP contribution in [-0.4, -0.2) is 24.4 Å².